The Balaban J connectivity index is 1.69. The van der Waals surface area contributed by atoms with Gasteiger partial charge >= 0.3 is 6.16 Å². The number of nitrogens with one attached hydrogen (secondary N) is 1. The average molecular weight is 404 g/mol. The highest BCUT2D eigenvalue weighted by molar-refractivity contribution is 9.09. The van der Waals surface area contributed by atoms with Gasteiger partial charge in [-0.3, -0.25) is 4.79 Å². The quantitative estimate of drug-likeness (QED) is 0.454. The summed E-state index contributed by atoms with van der Waals surface area (Å²) in [6.45, 7) is 0.125. The third-order valence-corrected chi connectivity index (χ3v) is 4.80. The van der Waals surface area contributed by atoms with Crippen molar-refractivity contribution in [2.75, 3.05) is 5.33 Å². The van der Waals surface area contributed by atoms with E-state index in [1.54, 1.807) is 0 Å². The van der Waals surface area contributed by atoms with E-state index in [0.717, 1.165) is 11.1 Å². The van der Waals surface area contributed by atoms with Crippen molar-refractivity contribution in [2.24, 2.45) is 5.92 Å². The number of benzene rings is 2. The Morgan fingerprint density at radius 1 is 1.08 bits per heavy atom. The third kappa shape index (κ3) is 4.20. The smallest absolute Gasteiger partial charge is 0.429 e. The molecule has 3 unspecified atom stereocenters. The molecule has 1 amide bonds. The average Bonchev–Trinajstić information content (AvgIpc) is 2.65. The van der Waals surface area contributed by atoms with Crippen LogP contribution >= 0.6 is 15.9 Å². The van der Waals surface area contributed by atoms with Crippen LogP contribution in [0, 0.1) is 5.92 Å². The normalized spacial score (nSPS) is 20.1. The van der Waals surface area contributed by atoms with Crippen molar-refractivity contribution in [1.29, 1.82) is 0 Å². The molecule has 3 rings (SSSR count). The second-order valence-corrected chi connectivity index (χ2v) is 6.42. The Hall–Kier alpha value is -2.34. The molecule has 1 fully saturated rings. The molecule has 0 radical (unpaired) electrons. The van der Waals surface area contributed by atoms with E-state index in [1.807, 2.05) is 60.7 Å². The molecule has 6 heteroatoms. The summed E-state index contributed by atoms with van der Waals surface area (Å²) in [7, 11) is 0. The van der Waals surface area contributed by atoms with Crippen molar-refractivity contribution >= 4 is 28.0 Å². The van der Waals surface area contributed by atoms with E-state index in [-0.39, 0.29) is 18.6 Å². The van der Waals surface area contributed by atoms with Crippen LogP contribution in [0.5, 0.6) is 0 Å². The predicted molar refractivity (Wildman–Crippen MR) is 96.1 cm³/mol. The van der Waals surface area contributed by atoms with Crippen LogP contribution in [0.3, 0.4) is 0 Å². The van der Waals surface area contributed by atoms with Crippen molar-refractivity contribution in [3.63, 3.8) is 0 Å². The molecule has 2 aromatic carbocycles. The van der Waals surface area contributed by atoms with Gasteiger partial charge in [-0.05, 0) is 11.1 Å². The summed E-state index contributed by atoms with van der Waals surface area (Å²) in [4.78, 5) is 24.2. The number of halogens is 1. The van der Waals surface area contributed by atoms with Crippen LogP contribution < -0.4 is 5.32 Å². The van der Waals surface area contributed by atoms with E-state index >= 15 is 0 Å². The van der Waals surface area contributed by atoms with Gasteiger partial charge in [-0.1, -0.05) is 76.6 Å². The molecule has 25 heavy (non-hydrogen) atoms. The third-order valence-electron chi connectivity index (χ3n) is 4.11. The Morgan fingerprint density at radius 3 is 2.32 bits per heavy atom. The summed E-state index contributed by atoms with van der Waals surface area (Å²) in [5.74, 6) is -0.569. The Morgan fingerprint density at radius 2 is 1.72 bits per heavy atom. The summed E-state index contributed by atoms with van der Waals surface area (Å²) in [5.41, 5.74) is 1.64. The fourth-order valence-corrected chi connectivity index (χ4v) is 3.35. The van der Waals surface area contributed by atoms with Gasteiger partial charge in [0.15, 0.2) is 0 Å². The minimum atomic E-state index is -0.786. The zero-order valence-electron chi connectivity index (χ0n) is 13.4. The first-order chi connectivity index (χ1) is 12.2. The molecule has 1 heterocycles. The van der Waals surface area contributed by atoms with E-state index in [2.05, 4.69) is 21.2 Å². The first-order valence-corrected chi connectivity index (χ1v) is 9.10. The summed E-state index contributed by atoms with van der Waals surface area (Å²) in [6.07, 6.45) is -1.47. The van der Waals surface area contributed by atoms with E-state index in [9.17, 15) is 9.59 Å². The largest absolute Gasteiger partial charge is 0.509 e. The minimum Gasteiger partial charge on any atom is -0.429 e. The zero-order valence-corrected chi connectivity index (χ0v) is 15.0. The van der Waals surface area contributed by atoms with Crippen LogP contribution in [0.4, 0.5) is 4.79 Å². The number of amides is 1. The molecule has 2 aromatic rings. The van der Waals surface area contributed by atoms with E-state index in [0.29, 0.717) is 5.33 Å². The van der Waals surface area contributed by atoms with Gasteiger partial charge < -0.3 is 14.8 Å². The van der Waals surface area contributed by atoms with Gasteiger partial charge in [-0.15, -0.1) is 0 Å². The van der Waals surface area contributed by atoms with Crippen molar-refractivity contribution in [3.8, 4) is 0 Å². The number of rotatable bonds is 6. The fourth-order valence-electron chi connectivity index (χ4n) is 2.78. The minimum absolute atomic E-state index is 0.0837. The number of ether oxygens (including phenoxy) is 2. The SMILES string of the molecule is O=C(OCc1ccccc1)OC(c1ccccc1)C1C(=O)NC1CBr. The highest BCUT2D eigenvalue weighted by Gasteiger charge is 2.46. The zero-order chi connectivity index (χ0) is 17.6. The molecular weight excluding hydrogens is 386 g/mol. The molecule has 0 aliphatic carbocycles. The predicted octanol–water partition coefficient (Wildman–Crippen LogP) is 3.59. The van der Waals surface area contributed by atoms with Gasteiger partial charge in [0.2, 0.25) is 5.91 Å². The fraction of sp³-hybridized carbons (Fsp3) is 0.263. The van der Waals surface area contributed by atoms with E-state index in [4.69, 9.17) is 9.47 Å². The maximum atomic E-state index is 12.2. The molecule has 1 N–H and O–H groups in total. The lowest BCUT2D eigenvalue weighted by Gasteiger charge is -2.39. The van der Waals surface area contributed by atoms with Gasteiger partial charge in [0.1, 0.15) is 18.6 Å². The molecule has 0 aromatic heterocycles. The van der Waals surface area contributed by atoms with Crippen molar-refractivity contribution in [1.82, 2.24) is 5.32 Å². The van der Waals surface area contributed by atoms with Crippen LogP contribution in [-0.4, -0.2) is 23.4 Å². The highest BCUT2D eigenvalue weighted by Crippen LogP contribution is 2.34. The second-order valence-electron chi connectivity index (χ2n) is 5.77. The number of hydrogen-bond acceptors (Lipinski definition) is 4. The summed E-state index contributed by atoms with van der Waals surface area (Å²) in [6, 6.07) is 18.5. The first-order valence-electron chi connectivity index (χ1n) is 7.97. The molecule has 0 bridgehead atoms. The standard InChI is InChI=1S/C19H18BrNO4/c20-11-15-16(18(22)21-15)17(14-9-5-2-6-10-14)25-19(23)24-12-13-7-3-1-4-8-13/h1-10,15-17H,11-12H2,(H,21,22). The lowest BCUT2D eigenvalue weighted by Crippen LogP contribution is -2.61. The van der Waals surface area contributed by atoms with Crippen LogP contribution in [0.15, 0.2) is 60.7 Å². The molecule has 3 atom stereocenters. The van der Waals surface area contributed by atoms with Crippen LogP contribution in [0.25, 0.3) is 0 Å². The lowest BCUT2D eigenvalue weighted by atomic mass is 9.83. The lowest BCUT2D eigenvalue weighted by molar-refractivity contribution is -0.141. The number of carbonyl (C=O) groups is 2. The molecular formula is C19H18BrNO4. The van der Waals surface area contributed by atoms with Gasteiger partial charge in [0, 0.05) is 5.33 Å². The molecule has 1 aliphatic heterocycles. The molecule has 1 saturated heterocycles. The van der Waals surface area contributed by atoms with Crippen molar-refractivity contribution < 1.29 is 19.1 Å². The number of carbonyl (C=O) groups excluding carboxylic acids is 2. The van der Waals surface area contributed by atoms with Gasteiger partial charge in [0.25, 0.3) is 0 Å². The van der Waals surface area contributed by atoms with Gasteiger partial charge in [-0.2, -0.15) is 0 Å². The van der Waals surface area contributed by atoms with Crippen molar-refractivity contribution in [2.45, 2.75) is 18.8 Å². The van der Waals surface area contributed by atoms with Crippen molar-refractivity contribution in [3.05, 3.63) is 71.8 Å². The monoisotopic (exact) mass is 403 g/mol. The van der Waals surface area contributed by atoms with Gasteiger partial charge in [-0.25, -0.2) is 4.79 Å². The van der Waals surface area contributed by atoms with Crippen LogP contribution in [0.2, 0.25) is 0 Å². The second kappa shape index (κ2) is 8.16. The van der Waals surface area contributed by atoms with E-state index in [1.165, 1.54) is 0 Å². The Bertz CT molecular complexity index is 723. The number of β-lactam (4-membered cyclic amide) rings is 1. The molecule has 0 spiro atoms. The summed E-state index contributed by atoms with van der Waals surface area (Å²) < 4.78 is 10.7. The van der Waals surface area contributed by atoms with Gasteiger partial charge in [0.05, 0.1) is 6.04 Å². The highest BCUT2D eigenvalue weighted by atomic mass is 79.9. The molecule has 0 saturated carbocycles. The summed E-state index contributed by atoms with van der Waals surface area (Å²) in [5, 5.41) is 3.40. The van der Waals surface area contributed by atoms with Crippen LogP contribution in [-0.2, 0) is 20.9 Å². The Labute approximate surface area is 154 Å². The molecule has 130 valence electrons. The molecule has 5 nitrogen and oxygen atoms in total. The topological polar surface area (TPSA) is 64.6 Å². The molecule has 1 aliphatic rings. The first kappa shape index (κ1) is 17.5. The maximum absolute atomic E-state index is 12.2. The number of alkyl halides is 1. The number of hydrogen-bond donors (Lipinski definition) is 1. The van der Waals surface area contributed by atoms with E-state index < -0.39 is 18.2 Å². The summed E-state index contributed by atoms with van der Waals surface area (Å²) >= 11 is 3.38. The maximum Gasteiger partial charge on any atom is 0.509 e. The Kier molecular flexibility index (Phi) is 5.71. The van der Waals surface area contributed by atoms with Crippen LogP contribution in [0.1, 0.15) is 17.2 Å².